The van der Waals surface area contributed by atoms with Crippen LogP contribution >= 0.6 is 11.3 Å². The largest absolute Gasteiger partial charge is 0.312 e. The van der Waals surface area contributed by atoms with Gasteiger partial charge in [0.25, 0.3) is 0 Å². The van der Waals surface area contributed by atoms with Crippen LogP contribution in [0.5, 0.6) is 0 Å². The van der Waals surface area contributed by atoms with Gasteiger partial charge in [0, 0.05) is 5.54 Å². The SMILES string of the molecule is CC(C)(C)NCC1CCC1c1ccsc1. The van der Waals surface area contributed by atoms with E-state index in [4.69, 9.17) is 0 Å². The van der Waals surface area contributed by atoms with E-state index in [0.717, 1.165) is 11.8 Å². The molecule has 2 atom stereocenters. The highest BCUT2D eigenvalue weighted by molar-refractivity contribution is 7.07. The highest BCUT2D eigenvalue weighted by atomic mass is 32.1. The van der Waals surface area contributed by atoms with Crippen LogP contribution in [0.25, 0.3) is 0 Å². The molecule has 1 aromatic rings. The third-order valence-corrected chi connectivity index (χ3v) is 3.98. The molecule has 0 bridgehead atoms. The van der Waals surface area contributed by atoms with Crippen molar-refractivity contribution in [1.29, 1.82) is 0 Å². The lowest BCUT2D eigenvalue weighted by atomic mass is 9.70. The van der Waals surface area contributed by atoms with Crippen LogP contribution in [-0.4, -0.2) is 12.1 Å². The van der Waals surface area contributed by atoms with Crippen molar-refractivity contribution < 1.29 is 0 Å². The first-order valence-electron chi connectivity index (χ1n) is 5.83. The molecule has 1 aliphatic rings. The van der Waals surface area contributed by atoms with Crippen molar-refractivity contribution >= 4 is 11.3 Å². The van der Waals surface area contributed by atoms with Gasteiger partial charge in [0.1, 0.15) is 0 Å². The molecule has 1 fully saturated rings. The summed E-state index contributed by atoms with van der Waals surface area (Å²) < 4.78 is 0. The first-order chi connectivity index (χ1) is 7.06. The Hall–Kier alpha value is -0.340. The average Bonchev–Trinajstić information content (AvgIpc) is 2.53. The summed E-state index contributed by atoms with van der Waals surface area (Å²) in [4.78, 5) is 0. The van der Waals surface area contributed by atoms with Gasteiger partial charge in [0.05, 0.1) is 0 Å². The van der Waals surface area contributed by atoms with Crippen molar-refractivity contribution in [1.82, 2.24) is 5.32 Å². The molecule has 15 heavy (non-hydrogen) atoms. The van der Waals surface area contributed by atoms with Crippen LogP contribution in [0.4, 0.5) is 0 Å². The monoisotopic (exact) mass is 223 g/mol. The predicted octanol–water partition coefficient (Wildman–Crippen LogP) is 3.63. The van der Waals surface area contributed by atoms with Gasteiger partial charge in [0.2, 0.25) is 0 Å². The number of rotatable bonds is 3. The summed E-state index contributed by atoms with van der Waals surface area (Å²) in [5.41, 5.74) is 1.82. The van der Waals surface area contributed by atoms with E-state index in [-0.39, 0.29) is 5.54 Å². The zero-order valence-corrected chi connectivity index (χ0v) is 10.7. The van der Waals surface area contributed by atoms with Gasteiger partial charge in [0.15, 0.2) is 0 Å². The van der Waals surface area contributed by atoms with E-state index in [2.05, 4.69) is 42.9 Å². The Morgan fingerprint density at radius 2 is 2.20 bits per heavy atom. The van der Waals surface area contributed by atoms with E-state index in [0.29, 0.717) is 0 Å². The standard InChI is InChI=1S/C13H21NS/c1-13(2,3)14-8-10-4-5-12(10)11-6-7-15-9-11/h6-7,9-10,12,14H,4-5,8H2,1-3H3. The van der Waals surface area contributed by atoms with Crippen LogP contribution in [0.3, 0.4) is 0 Å². The Morgan fingerprint density at radius 1 is 1.40 bits per heavy atom. The van der Waals surface area contributed by atoms with Crippen LogP contribution in [0.1, 0.15) is 45.1 Å². The molecular weight excluding hydrogens is 202 g/mol. The van der Waals surface area contributed by atoms with Crippen molar-refractivity contribution in [3.63, 3.8) is 0 Å². The summed E-state index contributed by atoms with van der Waals surface area (Å²) in [5, 5.41) is 8.13. The van der Waals surface area contributed by atoms with E-state index in [1.54, 1.807) is 5.56 Å². The lowest BCUT2D eigenvalue weighted by Crippen LogP contribution is -2.42. The van der Waals surface area contributed by atoms with Gasteiger partial charge in [-0.25, -0.2) is 0 Å². The van der Waals surface area contributed by atoms with Crippen molar-refractivity contribution in [2.24, 2.45) is 5.92 Å². The summed E-state index contributed by atoms with van der Waals surface area (Å²) in [6, 6.07) is 2.29. The number of hydrogen-bond donors (Lipinski definition) is 1. The smallest absolute Gasteiger partial charge is 0.00966 e. The lowest BCUT2D eigenvalue weighted by Gasteiger charge is -2.38. The van der Waals surface area contributed by atoms with Crippen molar-refractivity contribution in [2.45, 2.75) is 45.1 Å². The fourth-order valence-corrected chi connectivity index (χ4v) is 2.90. The Bertz CT molecular complexity index is 297. The molecule has 1 saturated carbocycles. The molecule has 0 aliphatic heterocycles. The second-order valence-corrected chi connectivity index (χ2v) is 6.41. The maximum absolute atomic E-state index is 3.62. The summed E-state index contributed by atoms with van der Waals surface area (Å²) in [7, 11) is 0. The summed E-state index contributed by atoms with van der Waals surface area (Å²) >= 11 is 1.82. The maximum Gasteiger partial charge on any atom is 0.00966 e. The van der Waals surface area contributed by atoms with Crippen LogP contribution < -0.4 is 5.32 Å². The first kappa shape index (κ1) is 11.2. The van der Waals surface area contributed by atoms with Crippen molar-refractivity contribution in [3.05, 3.63) is 22.4 Å². The van der Waals surface area contributed by atoms with Gasteiger partial charge in [-0.3, -0.25) is 0 Å². The number of thiophene rings is 1. The Labute approximate surface area is 96.9 Å². The van der Waals surface area contributed by atoms with Gasteiger partial charge >= 0.3 is 0 Å². The minimum absolute atomic E-state index is 0.259. The molecule has 2 rings (SSSR count). The third kappa shape index (κ3) is 2.82. The fraction of sp³-hybridized carbons (Fsp3) is 0.692. The van der Waals surface area contributed by atoms with E-state index in [9.17, 15) is 0 Å². The highest BCUT2D eigenvalue weighted by Crippen LogP contribution is 2.42. The van der Waals surface area contributed by atoms with Crippen LogP contribution in [0.2, 0.25) is 0 Å². The predicted molar refractivity (Wildman–Crippen MR) is 67.5 cm³/mol. The summed E-state index contributed by atoms with van der Waals surface area (Å²) in [5.74, 6) is 1.69. The van der Waals surface area contributed by atoms with Gasteiger partial charge in [-0.1, -0.05) is 0 Å². The quantitative estimate of drug-likeness (QED) is 0.825. The molecule has 0 radical (unpaired) electrons. The number of nitrogens with one attached hydrogen (secondary N) is 1. The van der Waals surface area contributed by atoms with Crippen LogP contribution in [-0.2, 0) is 0 Å². The molecule has 0 aromatic carbocycles. The van der Waals surface area contributed by atoms with Crippen molar-refractivity contribution in [2.75, 3.05) is 6.54 Å². The van der Waals surface area contributed by atoms with E-state index < -0.39 is 0 Å². The molecule has 0 amide bonds. The molecule has 1 nitrogen and oxygen atoms in total. The molecule has 0 spiro atoms. The molecule has 2 unspecified atom stereocenters. The topological polar surface area (TPSA) is 12.0 Å². The second kappa shape index (κ2) is 4.26. The molecule has 2 heteroatoms. The molecule has 84 valence electrons. The zero-order chi connectivity index (χ0) is 10.9. The maximum atomic E-state index is 3.62. The molecular formula is C13H21NS. The van der Waals surface area contributed by atoms with E-state index in [1.807, 2.05) is 11.3 Å². The first-order valence-corrected chi connectivity index (χ1v) is 6.78. The third-order valence-electron chi connectivity index (χ3n) is 3.28. The van der Waals surface area contributed by atoms with Crippen LogP contribution in [0.15, 0.2) is 16.8 Å². The second-order valence-electron chi connectivity index (χ2n) is 5.63. The minimum atomic E-state index is 0.259. The molecule has 1 aliphatic carbocycles. The van der Waals surface area contributed by atoms with Gasteiger partial charge < -0.3 is 5.32 Å². The highest BCUT2D eigenvalue weighted by Gasteiger charge is 2.32. The Balaban J connectivity index is 1.85. The van der Waals surface area contributed by atoms with Crippen molar-refractivity contribution in [3.8, 4) is 0 Å². The van der Waals surface area contributed by atoms with Gasteiger partial charge in [-0.05, 0) is 74.4 Å². The van der Waals surface area contributed by atoms with Gasteiger partial charge in [-0.15, -0.1) is 0 Å². The van der Waals surface area contributed by atoms with Gasteiger partial charge in [-0.2, -0.15) is 11.3 Å². The summed E-state index contributed by atoms with van der Waals surface area (Å²) in [6.07, 6.45) is 2.77. The lowest BCUT2D eigenvalue weighted by molar-refractivity contribution is 0.226. The molecule has 1 heterocycles. The fourth-order valence-electron chi connectivity index (χ4n) is 2.18. The number of hydrogen-bond acceptors (Lipinski definition) is 2. The average molecular weight is 223 g/mol. The summed E-state index contributed by atoms with van der Waals surface area (Å²) in [6.45, 7) is 7.89. The molecule has 1 aromatic heterocycles. The minimum Gasteiger partial charge on any atom is -0.312 e. The Kier molecular flexibility index (Phi) is 3.17. The zero-order valence-electron chi connectivity index (χ0n) is 9.92. The van der Waals surface area contributed by atoms with E-state index >= 15 is 0 Å². The molecule has 0 saturated heterocycles. The van der Waals surface area contributed by atoms with E-state index in [1.165, 1.54) is 19.4 Å². The van der Waals surface area contributed by atoms with Crippen LogP contribution in [0, 0.1) is 5.92 Å². The Morgan fingerprint density at radius 3 is 2.67 bits per heavy atom. The normalized spacial score (nSPS) is 26.3. The molecule has 1 N–H and O–H groups in total.